The quantitative estimate of drug-likeness (QED) is 0.551. The molecule has 2 unspecified atom stereocenters. The average Bonchev–Trinajstić information content (AvgIpc) is 3.21. The van der Waals surface area contributed by atoms with E-state index in [1.807, 2.05) is 0 Å². The Morgan fingerprint density at radius 2 is 1.82 bits per heavy atom. The van der Waals surface area contributed by atoms with Crippen LogP contribution in [0, 0.1) is 29.0 Å². The third kappa shape index (κ3) is 4.57. The van der Waals surface area contributed by atoms with Crippen LogP contribution in [0.15, 0.2) is 12.1 Å². The van der Waals surface area contributed by atoms with Crippen molar-refractivity contribution >= 4 is 11.9 Å². The number of halogens is 1. The van der Waals surface area contributed by atoms with Gasteiger partial charge in [0.15, 0.2) is 0 Å². The largest absolute Gasteiger partial charge is 0.493 e. The first-order chi connectivity index (χ1) is 16.2. The van der Waals surface area contributed by atoms with Gasteiger partial charge in [0.2, 0.25) is 0 Å². The smallest absolute Gasteiger partial charge is 0.326 e. The van der Waals surface area contributed by atoms with E-state index in [0.29, 0.717) is 31.7 Å². The molecule has 3 saturated carbocycles. The van der Waals surface area contributed by atoms with Crippen LogP contribution in [0.25, 0.3) is 0 Å². The maximum Gasteiger partial charge on any atom is 0.326 e. The molecule has 186 valence electrons. The molecule has 2 bridgehead atoms. The Labute approximate surface area is 202 Å². The molecule has 1 heterocycles. The Balaban J connectivity index is 1.36. The molecule has 1 aromatic rings. The highest BCUT2D eigenvalue weighted by atomic mass is 19.1. The van der Waals surface area contributed by atoms with Crippen LogP contribution in [0.1, 0.15) is 99.9 Å². The van der Waals surface area contributed by atoms with Gasteiger partial charge in [-0.15, -0.1) is 0 Å². The number of hydrogen-bond donors (Lipinski definition) is 1. The average molecular weight is 472 g/mol. The molecule has 6 heteroatoms. The van der Waals surface area contributed by atoms with Gasteiger partial charge in [-0.1, -0.05) is 20.3 Å². The van der Waals surface area contributed by atoms with E-state index in [-0.39, 0.29) is 16.9 Å². The number of carbonyl (C=O) groups excluding carboxylic acids is 1. The van der Waals surface area contributed by atoms with Crippen LogP contribution >= 0.6 is 0 Å². The second-order valence-electron chi connectivity index (χ2n) is 12.0. The zero-order valence-electron chi connectivity index (χ0n) is 20.5. The Kier molecular flexibility index (Phi) is 6.36. The number of aliphatic carboxylic acids is 1. The van der Waals surface area contributed by atoms with E-state index in [1.54, 1.807) is 6.07 Å². The summed E-state index contributed by atoms with van der Waals surface area (Å²) in [5.74, 6) is 1.04. The fraction of sp³-hybridized carbons (Fsp3) is 0.714. The van der Waals surface area contributed by atoms with Crippen LogP contribution < -0.4 is 4.74 Å². The Bertz CT molecular complexity index is 940. The number of fused-ring (bicyclic) bond motifs is 2. The molecule has 34 heavy (non-hydrogen) atoms. The zero-order valence-corrected chi connectivity index (χ0v) is 20.5. The molecule has 0 spiro atoms. The third-order valence-electron chi connectivity index (χ3n) is 8.95. The first-order valence-electron chi connectivity index (χ1n) is 13.2. The first kappa shape index (κ1) is 23.6. The van der Waals surface area contributed by atoms with Gasteiger partial charge in [-0.2, -0.15) is 0 Å². The number of carboxylic acid groups (broad SMARTS) is 1. The van der Waals surface area contributed by atoms with Gasteiger partial charge in [0.25, 0.3) is 5.91 Å². The maximum absolute atomic E-state index is 15.3. The highest BCUT2D eigenvalue weighted by Gasteiger charge is 2.42. The summed E-state index contributed by atoms with van der Waals surface area (Å²) in [6, 6.07) is 2.18. The zero-order chi connectivity index (χ0) is 24.0. The molecule has 1 aliphatic heterocycles. The number of benzene rings is 1. The minimum atomic E-state index is -1.02. The van der Waals surface area contributed by atoms with Crippen molar-refractivity contribution in [3.8, 4) is 5.75 Å². The van der Waals surface area contributed by atoms with Crippen molar-refractivity contribution in [2.75, 3.05) is 13.2 Å². The Morgan fingerprint density at radius 1 is 1.12 bits per heavy atom. The lowest BCUT2D eigenvalue weighted by Gasteiger charge is -2.47. The van der Waals surface area contributed by atoms with Crippen molar-refractivity contribution in [2.45, 2.75) is 90.0 Å². The first-order valence-corrected chi connectivity index (χ1v) is 13.2. The molecular weight excluding hydrogens is 433 g/mol. The molecular formula is C28H38FNO4. The lowest BCUT2D eigenvalue weighted by molar-refractivity contribution is -0.141. The van der Waals surface area contributed by atoms with E-state index < -0.39 is 23.7 Å². The SMILES string of the molecule is CC1CC2CC(C1)CC(C)(COc1cc(F)c(C(=O)N3CCC[C@H]3C(=O)O)cc1C1CCC1)C2. The van der Waals surface area contributed by atoms with Crippen molar-refractivity contribution in [2.24, 2.45) is 23.2 Å². The van der Waals surface area contributed by atoms with Crippen LogP contribution in [0.5, 0.6) is 5.75 Å². The molecule has 1 saturated heterocycles. The van der Waals surface area contributed by atoms with Crippen molar-refractivity contribution < 1.29 is 23.8 Å². The van der Waals surface area contributed by atoms with Gasteiger partial charge in [-0.3, -0.25) is 4.79 Å². The summed E-state index contributed by atoms with van der Waals surface area (Å²) in [6.07, 6.45) is 10.5. The molecule has 5 nitrogen and oxygen atoms in total. The number of nitrogens with zero attached hydrogens (tertiary/aromatic N) is 1. The number of carboxylic acids is 1. The lowest BCUT2D eigenvalue weighted by atomic mass is 9.60. The van der Waals surface area contributed by atoms with Gasteiger partial charge >= 0.3 is 5.97 Å². The van der Waals surface area contributed by atoms with Gasteiger partial charge in [0.1, 0.15) is 17.6 Å². The summed E-state index contributed by atoms with van der Waals surface area (Å²) >= 11 is 0. The highest BCUT2D eigenvalue weighted by molar-refractivity contribution is 5.97. The minimum absolute atomic E-state index is 0.0187. The van der Waals surface area contributed by atoms with Crippen LogP contribution in [0.2, 0.25) is 0 Å². The molecule has 5 rings (SSSR count). The van der Waals surface area contributed by atoms with Crippen LogP contribution in [0.4, 0.5) is 4.39 Å². The van der Waals surface area contributed by atoms with Gasteiger partial charge in [0.05, 0.1) is 12.2 Å². The van der Waals surface area contributed by atoms with Gasteiger partial charge < -0.3 is 14.7 Å². The van der Waals surface area contributed by atoms with Crippen molar-refractivity contribution in [3.63, 3.8) is 0 Å². The summed E-state index contributed by atoms with van der Waals surface area (Å²) < 4.78 is 21.6. The summed E-state index contributed by atoms with van der Waals surface area (Å²) in [4.78, 5) is 26.0. The van der Waals surface area contributed by atoms with Crippen molar-refractivity contribution in [1.29, 1.82) is 0 Å². The van der Waals surface area contributed by atoms with E-state index in [2.05, 4.69) is 13.8 Å². The number of likely N-dealkylation sites (tertiary alicyclic amines) is 1. The van der Waals surface area contributed by atoms with Crippen molar-refractivity contribution in [3.05, 3.63) is 29.1 Å². The van der Waals surface area contributed by atoms with Gasteiger partial charge in [-0.05, 0) is 93.1 Å². The fourth-order valence-electron chi connectivity index (χ4n) is 7.40. The molecule has 0 aromatic heterocycles. The second kappa shape index (κ2) is 9.16. The molecule has 4 aliphatic rings. The Morgan fingerprint density at radius 3 is 2.44 bits per heavy atom. The summed E-state index contributed by atoms with van der Waals surface area (Å²) in [5, 5.41) is 9.47. The predicted molar refractivity (Wildman–Crippen MR) is 128 cm³/mol. The molecule has 4 fully saturated rings. The summed E-state index contributed by atoms with van der Waals surface area (Å²) in [7, 11) is 0. The molecule has 1 aromatic carbocycles. The summed E-state index contributed by atoms with van der Waals surface area (Å²) in [6.45, 7) is 5.62. The topological polar surface area (TPSA) is 66.8 Å². The van der Waals surface area contributed by atoms with Crippen LogP contribution in [0.3, 0.4) is 0 Å². The molecule has 1 N–H and O–H groups in total. The number of ether oxygens (including phenoxy) is 1. The standard InChI is InChI=1S/C28H38FNO4/c1-17-9-18-11-19(10-17)15-28(2,14-18)16-34-25-13-23(29)22(12-21(25)20-5-3-6-20)26(31)30-8-4-7-24(30)27(32)33/h12-13,17-20,24H,3-11,14-16H2,1-2H3,(H,32,33)/t17?,18?,19?,24-,28?/m0/s1. The van der Waals surface area contributed by atoms with E-state index in [0.717, 1.165) is 55.4 Å². The third-order valence-corrected chi connectivity index (χ3v) is 8.95. The predicted octanol–water partition coefficient (Wildman–Crippen LogP) is 6.01. The van der Waals surface area contributed by atoms with Crippen LogP contribution in [-0.2, 0) is 4.79 Å². The minimum Gasteiger partial charge on any atom is -0.493 e. The molecule has 1 amide bonds. The van der Waals surface area contributed by atoms with Crippen LogP contribution in [-0.4, -0.2) is 41.1 Å². The van der Waals surface area contributed by atoms with E-state index in [4.69, 9.17) is 4.74 Å². The number of carbonyl (C=O) groups is 2. The van der Waals surface area contributed by atoms with Crippen molar-refractivity contribution in [1.82, 2.24) is 4.90 Å². The normalized spacial score (nSPS) is 33.4. The number of rotatable bonds is 6. The van der Waals surface area contributed by atoms with Gasteiger partial charge in [-0.25, -0.2) is 9.18 Å². The number of hydrogen-bond acceptors (Lipinski definition) is 3. The lowest BCUT2D eigenvalue weighted by Crippen LogP contribution is -2.41. The van der Waals surface area contributed by atoms with E-state index >= 15 is 4.39 Å². The monoisotopic (exact) mass is 471 g/mol. The maximum atomic E-state index is 15.3. The highest BCUT2D eigenvalue weighted by Crippen LogP contribution is 2.51. The second-order valence-corrected chi connectivity index (χ2v) is 12.0. The summed E-state index contributed by atoms with van der Waals surface area (Å²) in [5.41, 5.74) is 0.991. The van der Waals surface area contributed by atoms with E-state index in [1.165, 1.54) is 30.2 Å². The number of amides is 1. The van der Waals surface area contributed by atoms with E-state index in [9.17, 15) is 14.7 Å². The molecule has 3 atom stereocenters. The Hall–Kier alpha value is -2.11. The fourth-order valence-corrected chi connectivity index (χ4v) is 7.40. The van der Waals surface area contributed by atoms with Gasteiger partial charge in [0, 0.05) is 18.0 Å². The molecule has 3 aliphatic carbocycles. The molecule has 0 radical (unpaired) electrons.